The Labute approximate surface area is 117 Å². The number of piperidine rings is 1. The van der Waals surface area contributed by atoms with Gasteiger partial charge in [0.25, 0.3) is 5.91 Å². The fourth-order valence-corrected chi connectivity index (χ4v) is 2.28. The van der Waals surface area contributed by atoms with Crippen LogP contribution in [0.15, 0.2) is 18.2 Å². The zero-order valence-corrected chi connectivity index (χ0v) is 11.3. The number of benzene rings is 1. The molecular weight excluding hydrogens is 260 g/mol. The average Bonchev–Trinajstić information content (AvgIpc) is 2.47. The molecule has 0 aromatic heterocycles. The summed E-state index contributed by atoms with van der Waals surface area (Å²) in [6.45, 7) is 1.54. The second kappa shape index (κ2) is 6.38. The van der Waals surface area contributed by atoms with Crippen LogP contribution in [0.5, 0.6) is 11.5 Å². The normalized spacial score (nSPS) is 15.7. The van der Waals surface area contributed by atoms with Gasteiger partial charge in [-0.3, -0.25) is 14.9 Å². The van der Waals surface area contributed by atoms with Crippen LogP contribution in [-0.4, -0.2) is 37.1 Å². The van der Waals surface area contributed by atoms with Crippen LogP contribution in [0.4, 0.5) is 0 Å². The van der Waals surface area contributed by atoms with E-state index >= 15 is 0 Å². The molecule has 0 atom stereocenters. The molecule has 3 N–H and O–H groups in total. The highest BCUT2D eigenvalue weighted by Crippen LogP contribution is 2.27. The molecule has 1 saturated heterocycles. The summed E-state index contributed by atoms with van der Waals surface area (Å²) in [5, 5.41) is 15.2. The molecule has 2 rings (SSSR count). The molecule has 2 amide bonds. The van der Waals surface area contributed by atoms with Gasteiger partial charge in [-0.05, 0) is 38.1 Å². The first-order chi connectivity index (χ1) is 9.63. The third-order valence-electron chi connectivity index (χ3n) is 3.40. The molecule has 0 aliphatic carbocycles. The number of phenols is 1. The van der Waals surface area contributed by atoms with Gasteiger partial charge in [-0.15, -0.1) is 0 Å². The van der Waals surface area contributed by atoms with Crippen molar-refractivity contribution < 1.29 is 19.4 Å². The molecule has 1 fully saturated rings. The van der Waals surface area contributed by atoms with Gasteiger partial charge in [0.1, 0.15) is 17.1 Å². The number of nitrogens with one attached hydrogen (secondary N) is 2. The molecule has 0 bridgehead atoms. The van der Waals surface area contributed by atoms with Crippen LogP contribution in [0, 0.1) is 5.92 Å². The molecular formula is C14H18N2O4. The summed E-state index contributed by atoms with van der Waals surface area (Å²) >= 11 is 0. The van der Waals surface area contributed by atoms with E-state index < -0.39 is 5.91 Å². The lowest BCUT2D eigenvalue weighted by atomic mass is 9.97. The number of hydrogen-bond donors (Lipinski definition) is 3. The molecule has 0 unspecified atom stereocenters. The first kappa shape index (κ1) is 14.3. The van der Waals surface area contributed by atoms with E-state index in [9.17, 15) is 14.7 Å². The zero-order valence-electron chi connectivity index (χ0n) is 11.3. The summed E-state index contributed by atoms with van der Waals surface area (Å²) in [7, 11) is 1.40. The van der Waals surface area contributed by atoms with E-state index in [0.29, 0.717) is 12.8 Å². The lowest BCUT2D eigenvalue weighted by molar-refractivity contribution is -0.124. The second-order valence-electron chi connectivity index (χ2n) is 4.70. The number of methoxy groups -OCH3 is 1. The number of rotatable bonds is 3. The average molecular weight is 278 g/mol. The van der Waals surface area contributed by atoms with E-state index in [4.69, 9.17) is 4.74 Å². The van der Waals surface area contributed by atoms with Gasteiger partial charge in [0.05, 0.1) is 7.11 Å². The highest BCUT2D eigenvalue weighted by molar-refractivity contribution is 6.08. The van der Waals surface area contributed by atoms with Gasteiger partial charge >= 0.3 is 0 Å². The van der Waals surface area contributed by atoms with Gasteiger partial charge in [0, 0.05) is 5.92 Å². The number of hydrogen-bond acceptors (Lipinski definition) is 5. The van der Waals surface area contributed by atoms with E-state index in [1.807, 2.05) is 0 Å². The van der Waals surface area contributed by atoms with E-state index in [-0.39, 0.29) is 28.9 Å². The van der Waals surface area contributed by atoms with Crippen LogP contribution in [0.1, 0.15) is 23.2 Å². The van der Waals surface area contributed by atoms with Crippen molar-refractivity contribution in [1.29, 1.82) is 0 Å². The Kier molecular flexibility index (Phi) is 4.57. The molecule has 108 valence electrons. The summed E-state index contributed by atoms with van der Waals surface area (Å²) in [6.07, 6.45) is 1.41. The van der Waals surface area contributed by atoms with Crippen molar-refractivity contribution in [2.75, 3.05) is 20.2 Å². The maximum atomic E-state index is 12.1. The quantitative estimate of drug-likeness (QED) is 0.707. The minimum Gasteiger partial charge on any atom is -0.507 e. The smallest absolute Gasteiger partial charge is 0.265 e. The Balaban J connectivity index is 2.10. The topological polar surface area (TPSA) is 87.7 Å². The number of carbonyl (C=O) groups excluding carboxylic acids is 2. The van der Waals surface area contributed by atoms with Gasteiger partial charge in [0.2, 0.25) is 5.91 Å². The predicted molar refractivity (Wildman–Crippen MR) is 72.7 cm³/mol. The lowest BCUT2D eigenvalue weighted by Crippen LogP contribution is -2.40. The molecule has 6 nitrogen and oxygen atoms in total. The highest BCUT2D eigenvalue weighted by Gasteiger charge is 2.25. The molecule has 0 radical (unpaired) electrons. The first-order valence-corrected chi connectivity index (χ1v) is 6.55. The number of ether oxygens (including phenoxy) is 1. The Morgan fingerprint density at radius 1 is 1.35 bits per heavy atom. The maximum absolute atomic E-state index is 12.1. The van der Waals surface area contributed by atoms with Crippen molar-refractivity contribution in [1.82, 2.24) is 10.6 Å². The standard InChI is InChI=1S/C14H18N2O4/c1-20-11-4-2-3-10(17)12(11)14(19)16-13(18)9-5-7-15-8-6-9/h2-4,9,15,17H,5-8H2,1H3,(H,16,18,19). The first-order valence-electron chi connectivity index (χ1n) is 6.55. The Morgan fingerprint density at radius 3 is 2.70 bits per heavy atom. The predicted octanol–water partition coefficient (Wildman–Crippen LogP) is 0.657. The van der Waals surface area contributed by atoms with Gasteiger partial charge in [0.15, 0.2) is 0 Å². The summed E-state index contributed by atoms with van der Waals surface area (Å²) in [5.74, 6) is -1.08. The Bertz CT molecular complexity index is 510. The molecule has 1 aliphatic rings. The minimum absolute atomic E-state index is 0.0164. The summed E-state index contributed by atoms with van der Waals surface area (Å²) < 4.78 is 5.03. The van der Waals surface area contributed by atoms with Crippen molar-refractivity contribution in [3.63, 3.8) is 0 Å². The number of amides is 2. The zero-order chi connectivity index (χ0) is 14.5. The van der Waals surface area contributed by atoms with E-state index in [1.54, 1.807) is 12.1 Å². The van der Waals surface area contributed by atoms with Gasteiger partial charge < -0.3 is 15.2 Å². The fourth-order valence-electron chi connectivity index (χ4n) is 2.28. The molecule has 20 heavy (non-hydrogen) atoms. The summed E-state index contributed by atoms with van der Waals surface area (Å²) in [6, 6.07) is 4.51. The van der Waals surface area contributed by atoms with Crippen LogP contribution in [0.2, 0.25) is 0 Å². The molecule has 1 aliphatic heterocycles. The summed E-state index contributed by atoms with van der Waals surface area (Å²) in [4.78, 5) is 24.1. The van der Waals surface area contributed by atoms with Crippen molar-refractivity contribution in [3.8, 4) is 11.5 Å². The largest absolute Gasteiger partial charge is 0.507 e. The molecule has 6 heteroatoms. The number of carbonyl (C=O) groups is 2. The highest BCUT2D eigenvalue weighted by atomic mass is 16.5. The second-order valence-corrected chi connectivity index (χ2v) is 4.70. The van der Waals surface area contributed by atoms with Crippen LogP contribution >= 0.6 is 0 Å². The van der Waals surface area contributed by atoms with E-state index in [2.05, 4.69) is 10.6 Å². The third kappa shape index (κ3) is 3.08. The number of aromatic hydroxyl groups is 1. The van der Waals surface area contributed by atoms with Crippen LogP contribution in [0.3, 0.4) is 0 Å². The van der Waals surface area contributed by atoms with Gasteiger partial charge in [-0.1, -0.05) is 6.07 Å². The van der Waals surface area contributed by atoms with Crippen molar-refractivity contribution in [2.45, 2.75) is 12.8 Å². The minimum atomic E-state index is -0.636. The van der Waals surface area contributed by atoms with Gasteiger partial charge in [-0.2, -0.15) is 0 Å². The molecule has 0 saturated carbocycles. The van der Waals surface area contributed by atoms with Crippen LogP contribution in [-0.2, 0) is 4.79 Å². The molecule has 1 heterocycles. The number of phenolic OH excluding ortho intramolecular Hbond substituents is 1. The van der Waals surface area contributed by atoms with Crippen molar-refractivity contribution in [2.24, 2.45) is 5.92 Å². The Morgan fingerprint density at radius 2 is 2.05 bits per heavy atom. The monoisotopic (exact) mass is 278 g/mol. The van der Waals surface area contributed by atoms with Crippen LogP contribution in [0.25, 0.3) is 0 Å². The third-order valence-corrected chi connectivity index (χ3v) is 3.40. The molecule has 1 aromatic carbocycles. The van der Waals surface area contributed by atoms with Crippen molar-refractivity contribution in [3.05, 3.63) is 23.8 Å². The fraction of sp³-hybridized carbons (Fsp3) is 0.429. The van der Waals surface area contributed by atoms with Crippen LogP contribution < -0.4 is 15.4 Å². The van der Waals surface area contributed by atoms with Gasteiger partial charge in [-0.25, -0.2) is 0 Å². The maximum Gasteiger partial charge on any atom is 0.265 e. The SMILES string of the molecule is COc1cccc(O)c1C(=O)NC(=O)C1CCNCC1. The lowest BCUT2D eigenvalue weighted by Gasteiger charge is -2.21. The Hall–Kier alpha value is -2.08. The van der Waals surface area contributed by atoms with E-state index in [1.165, 1.54) is 13.2 Å². The molecule has 0 spiro atoms. The van der Waals surface area contributed by atoms with E-state index in [0.717, 1.165) is 13.1 Å². The van der Waals surface area contributed by atoms with Crippen molar-refractivity contribution >= 4 is 11.8 Å². The number of imide groups is 1. The summed E-state index contributed by atoms with van der Waals surface area (Å²) in [5.41, 5.74) is -0.0164. The molecule has 1 aromatic rings.